The van der Waals surface area contributed by atoms with E-state index in [9.17, 15) is 4.79 Å². The Morgan fingerprint density at radius 2 is 2.00 bits per heavy atom. The lowest BCUT2D eigenvalue weighted by atomic mass is 10.1. The smallest absolute Gasteiger partial charge is 0.228 e. The number of nitriles is 1. The first-order valence-electron chi connectivity index (χ1n) is 5.89. The van der Waals surface area contributed by atoms with E-state index in [1.54, 1.807) is 30.5 Å². The number of hydrogen-bond acceptors (Lipinski definition) is 3. The van der Waals surface area contributed by atoms with Crippen LogP contribution in [0.25, 0.3) is 0 Å². The number of rotatable bonds is 3. The summed E-state index contributed by atoms with van der Waals surface area (Å²) in [6, 6.07) is 12.7. The zero-order valence-electron chi connectivity index (χ0n) is 10.6. The van der Waals surface area contributed by atoms with Gasteiger partial charge in [0, 0.05) is 5.69 Å². The highest BCUT2D eigenvalue weighted by molar-refractivity contribution is 5.92. The number of anilines is 1. The Balaban J connectivity index is 1.97. The monoisotopic (exact) mass is 251 g/mol. The van der Waals surface area contributed by atoms with E-state index in [0.717, 1.165) is 11.3 Å². The molecule has 0 fully saturated rings. The Labute approximate surface area is 111 Å². The van der Waals surface area contributed by atoms with Crippen LogP contribution in [-0.4, -0.2) is 10.9 Å². The normalized spacial score (nSPS) is 9.68. The van der Waals surface area contributed by atoms with Gasteiger partial charge in [-0.05, 0) is 36.8 Å². The molecule has 0 saturated carbocycles. The molecular formula is C15H13N3O. The third-order valence-corrected chi connectivity index (χ3v) is 2.64. The number of carbonyl (C=O) groups is 1. The number of pyridine rings is 1. The minimum absolute atomic E-state index is 0.102. The first-order chi connectivity index (χ1) is 9.17. The summed E-state index contributed by atoms with van der Waals surface area (Å²) < 4.78 is 0. The summed E-state index contributed by atoms with van der Waals surface area (Å²) in [6.45, 7) is 1.89. The van der Waals surface area contributed by atoms with Gasteiger partial charge in [0.2, 0.25) is 5.91 Å². The minimum atomic E-state index is -0.102. The van der Waals surface area contributed by atoms with E-state index in [2.05, 4.69) is 10.3 Å². The SMILES string of the molecule is Cc1ccc(NC(=O)Cc2ccc(C#N)cc2)cn1. The van der Waals surface area contributed by atoms with Crippen LogP contribution in [0.15, 0.2) is 42.6 Å². The van der Waals surface area contributed by atoms with Gasteiger partial charge in [0.25, 0.3) is 0 Å². The van der Waals surface area contributed by atoms with Crippen LogP contribution in [0.1, 0.15) is 16.8 Å². The second kappa shape index (κ2) is 5.78. The lowest BCUT2D eigenvalue weighted by molar-refractivity contribution is -0.115. The quantitative estimate of drug-likeness (QED) is 0.911. The molecule has 4 nitrogen and oxygen atoms in total. The molecule has 1 aromatic carbocycles. The first kappa shape index (κ1) is 12.8. The molecular weight excluding hydrogens is 238 g/mol. The number of aryl methyl sites for hydroxylation is 1. The zero-order valence-corrected chi connectivity index (χ0v) is 10.6. The van der Waals surface area contributed by atoms with Crippen molar-refractivity contribution in [2.24, 2.45) is 0 Å². The maximum absolute atomic E-state index is 11.8. The fourth-order valence-electron chi connectivity index (χ4n) is 1.63. The van der Waals surface area contributed by atoms with Crippen LogP contribution in [0, 0.1) is 18.3 Å². The largest absolute Gasteiger partial charge is 0.324 e. The van der Waals surface area contributed by atoms with Crippen LogP contribution in [0.3, 0.4) is 0 Å². The minimum Gasteiger partial charge on any atom is -0.324 e. The molecule has 0 aliphatic carbocycles. The number of nitrogens with zero attached hydrogens (tertiary/aromatic N) is 2. The topological polar surface area (TPSA) is 65.8 Å². The van der Waals surface area contributed by atoms with E-state index in [-0.39, 0.29) is 12.3 Å². The van der Waals surface area contributed by atoms with Crippen molar-refractivity contribution in [2.75, 3.05) is 5.32 Å². The summed E-state index contributed by atoms with van der Waals surface area (Å²) in [5.41, 5.74) is 3.05. The van der Waals surface area contributed by atoms with Crippen molar-refractivity contribution in [1.29, 1.82) is 5.26 Å². The highest BCUT2D eigenvalue weighted by atomic mass is 16.1. The third-order valence-electron chi connectivity index (χ3n) is 2.64. The Hall–Kier alpha value is -2.67. The average molecular weight is 251 g/mol. The summed E-state index contributed by atoms with van der Waals surface area (Å²) in [7, 11) is 0. The summed E-state index contributed by atoms with van der Waals surface area (Å²) in [6.07, 6.45) is 1.91. The van der Waals surface area contributed by atoms with Gasteiger partial charge in [-0.15, -0.1) is 0 Å². The summed E-state index contributed by atoms with van der Waals surface area (Å²) in [5, 5.41) is 11.5. The van der Waals surface area contributed by atoms with E-state index in [1.165, 1.54) is 0 Å². The standard InChI is InChI=1S/C15H13N3O/c1-11-2-7-14(10-17-11)18-15(19)8-12-3-5-13(9-16)6-4-12/h2-7,10H,8H2,1H3,(H,18,19). The van der Waals surface area contributed by atoms with E-state index in [0.29, 0.717) is 11.3 Å². The number of aromatic nitrogens is 1. The van der Waals surface area contributed by atoms with Gasteiger partial charge in [-0.1, -0.05) is 12.1 Å². The molecule has 1 heterocycles. The number of amides is 1. The highest BCUT2D eigenvalue weighted by Gasteiger charge is 2.04. The second-order valence-corrected chi connectivity index (χ2v) is 4.22. The van der Waals surface area contributed by atoms with Gasteiger partial charge >= 0.3 is 0 Å². The number of benzene rings is 1. The van der Waals surface area contributed by atoms with Crippen LogP contribution in [0.4, 0.5) is 5.69 Å². The fourth-order valence-corrected chi connectivity index (χ4v) is 1.63. The predicted octanol–water partition coefficient (Wildman–Crippen LogP) is 2.44. The molecule has 0 radical (unpaired) electrons. The van der Waals surface area contributed by atoms with Crippen molar-refractivity contribution in [3.8, 4) is 6.07 Å². The number of nitrogens with one attached hydrogen (secondary N) is 1. The Morgan fingerprint density at radius 1 is 1.26 bits per heavy atom. The van der Waals surface area contributed by atoms with Crippen molar-refractivity contribution in [3.63, 3.8) is 0 Å². The van der Waals surface area contributed by atoms with E-state index in [4.69, 9.17) is 5.26 Å². The van der Waals surface area contributed by atoms with Crippen LogP contribution in [0.2, 0.25) is 0 Å². The van der Waals surface area contributed by atoms with Crippen molar-refractivity contribution >= 4 is 11.6 Å². The van der Waals surface area contributed by atoms with Crippen molar-refractivity contribution < 1.29 is 4.79 Å². The molecule has 0 atom stereocenters. The van der Waals surface area contributed by atoms with Gasteiger partial charge in [0.15, 0.2) is 0 Å². The van der Waals surface area contributed by atoms with Gasteiger partial charge in [0.1, 0.15) is 0 Å². The molecule has 0 unspecified atom stereocenters. The van der Waals surface area contributed by atoms with Crippen LogP contribution < -0.4 is 5.32 Å². The Bertz CT molecular complexity index is 609. The van der Waals surface area contributed by atoms with Crippen LogP contribution >= 0.6 is 0 Å². The van der Waals surface area contributed by atoms with Crippen molar-refractivity contribution in [1.82, 2.24) is 4.98 Å². The van der Waals surface area contributed by atoms with Crippen LogP contribution in [0.5, 0.6) is 0 Å². The Morgan fingerprint density at radius 3 is 2.58 bits per heavy atom. The Kier molecular flexibility index (Phi) is 3.89. The van der Waals surface area contributed by atoms with Gasteiger partial charge < -0.3 is 5.32 Å². The molecule has 1 N–H and O–H groups in total. The fraction of sp³-hybridized carbons (Fsp3) is 0.133. The maximum atomic E-state index is 11.8. The lowest BCUT2D eigenvalue weighted by Crippen LogP contribution is -2.14. The number of carbonyl (C=O) groups excluding carboxylic acids is 1. The van der Waals surface area contributed by atoms with Gasteiger partial charge in [-0.3, -0.25) is 9.78 Å². The second-order valence-electron chi connectivity index (χ2n) is 4.22. The van der Waals surface area contributed by atoms with Crippen LogP contribution in [-0.2, 0) is 11.2 Å². The van der Waals surface area contributed by atoms with E-state index < -0.39 is 0 Å². The molecule has 94 valence electrons. The van der Waals surface area contributed by atoms with Crippen molar-refractivity contribution in [2.45, 2.75) is 13.3 Å². The zero-order chi connectivity index (χ0) is 13.7. The lowest BCUT2D eigenvalue weighted by Gasteiger charge is -2.05. The molecule has 1 amide bonds. The molecule has 4 heteroatoms. The third kappa shape index (κ3) is 3.65. The van der Waals surface area contributed by atoms with Gasteiger partial charge in [-0.25, -0.2) is 0 Å². The van der Waals surface area contributed by atoms with Crippen molar-refractivity contribution in [3.05, 3.63) is 59.4 Å². The highest BCUT2D eigenvalue weighted by Crippen LogP contribution is 2.08. The molecule has 0 bridgehead atoms. The average Bonchev–Trinajstić information content (AvgIpc) is 2.42. The summed E-state index contributed by atoms with van der Waals surface area (Å²) in [5.74, 6) is -0.102. The molecule has 1 aromatic heterocycles. The number of hydrogen-bond donors (Lipinski definition) is 1. The first-order valence-corrected chi connectivity index (χ1v) is 5.89. The van der Waals surface area contributed by atoms with Gasteiger partial charge in [-0.2, -0.15) is 5.26 Å². The molecule has 2 rings (SSSR count). The summed E-state index contributed by atoms with van der Waals surface area (Å²) >= 11 is 0. The predicted molar refractivity (Wildman–Crippen MR) is 72.5 cm³/mol. The molecule has 0 spiro atoms. The van der Waals surface area contributed by atoms with E-state index >= 15 is 0 Å². The van der Waals surface area contributed by atoms with Gasteiger partial charge in [0.05, 0.1) is 29.9 Å². The maximum Gasteiger partial charge on any atom is 0.228 e. The van der Waals surface area contributed by atoms with E-state index in [1.807, 2.05) is 25.1 Å². The molecule has 2 aromatic rings. The molecule has 19 heavy (non-hydrogen) atoms. The molecule has 0 saturated heterocycles. The summed E-state index contributed by atoms with van der Waals surface area (Å²) in [4.78, 5) is 15.9. The molecule has 0 aliphatic rings. The molecule has 0 aliphatic heterocycles.